The smallest absolute Gasteiger partial charge is 0.255 e. The number of nitrogens with one attached hydrogen (secondary N) is 1. The fourth-order valence-electron chi connectivity index (χ4n) is 2.35. The van der Waals surface area contributed by atoms with Crippen LogP contribution in [0.3, 0.4) is 0 Å². The summed E-state index contributed by atoms with van der Waals surface area (Å²) in [5.74, 6) is 0.124. The first-order valence-electron chi connectivity index (χ1n) is 7.28. The van der Waals surface area contributed by atoms with E-state index in [1.54, 1.807) is 24.3 Å². The SMILES string of the molecule is Cc1cc(O)c(C(C)C)cc1CNC(=O)c1ccccc1O. The summed E-state index contributed by atoms with van der Waals surface area (Å²) in [6.45, 7) is 6.26. The predicted molar refractivity (Wildman–Crippen MR) is 86.2 cm³/mol. The zero-order chi connectivity index (χ0) is 16.3. The van der Waals surface area contributed by atoms with E-state index in [0.29, 0.717) is 6.54 Å². The molecule has 0 fully saturated rings. The lowest BCUT2D eigenvalue weighted by molar-refractivity contribution is 0.0948. The van der Waals surface area contributed by atoms with E-state index >= 15 is 0 Å². The van der Waals surface area contributed by atoms with Crippen LogP contribution in [0.25, 0.3) is 0 Å². The Morgan fingerprint density at radius 2 is 1.82 bits per heavy atom. The lowest BCUT2D eigenvalue weighted by Gasteiger charge is -2.14. The second-order valence-electron chi connectivity index (χ2n) is 5.69. The third kappa shape index (κ3) is 3.39. The standard InChI is InChI=1S/C18H21NO3/c1-11(2)15-9-13(12(3)8-17(15)21)10-19-18(22)14-6-4-5-7-16(14)20/h4-9,11,20-21H,10H2,1-3H3,(H,19,22). The zero-order valence-electron chi connectivity index (χ0n) is 13.1. The molecule has 0 aliphatic heterocycles. The largest absolute Gasteiger partial charge is 0.508 e. The average molecular weight is 299 g/mol. The summed E-state index contributed by atoms with van der Waals surface area (Å²) in [6, 6.07) is 10.1. The van der Waals surface area contributed by atoms with E-state index in [9.17, 15) is 15.0 Å². The molecule has 0 aliphatic rings. The first kappa shape index (κ1) is 15.9. The summed E-state index contributed by atoms with van der Waals surface area (Å²) in [5.41, 5.74) is 2.98. The molecule has 0 radical (unpaired) electrons. The van der Waals surface area contributed by atoms with Crippen LogP contribution in [0.1, 0.15) is 46.8 Å². The van der Waals surface area contributed by atoms with E-state index < -0.39 is 0 Å². The molecule has 2 aromatic carbocycles. The van der Waals surface area contributed by atoms with E-state index in [2.05, 4.69) is 5.32 Å². The van der Waals surface area contributed by atoms with Gasteiger partial charge in [0.15, 0.2) is 0 Å². The Balaban J connectivity index is 2.17. The molecule has 2 aromatic rings. The van der Waals surface area contributed by atoms with Gasteiger partial charge in [0.25, 0.3) is 5.91 Å². The maximum absolute atomic E-state index is 12.1. The third-order valence-electron chi connectivity index (χ3n) is 3.70. The van der Waals surface area contributed by atoms with Crippen molar-refractivity contribution in [1.29, 1.82) is 0 Å². The monoisotopic (exact) mass is 299 g/mol. The molecule has 0 bridgehead atoms. The number of hydrogen-bond acceptors (Lipinski definition) is 3. The van der Waals surface area contributed by atoms with Crippen molar-refractivity contribution in [3.05, 3.63) is 58.7 Å². The van der Waals surface area contributed by atoms with Crippen molar-refractivity contribution < 1.29 is 15.0 Å². The average Bonchev–Trinajstić information content (AvgIpc) is 2.46. The highest BCUT2D eigenvalue weighted by molar-refractivity contribution is 5.96. The van der Waals surface area contributed by atoms with Crippen LogP contribution in [-0.4, -0.2) is 16.1 Å². The van der Waals surface area contributed by atoms with Crippen molar-refractivity contribution in [3.63, 3.8) is 0 Å². The van der Waals surface area contributed by atoms with Crippen molar-refractivity contribution in [1.82, 2.24) is 5.32 Å². The van der Waals surface area contributed by atoms with Crippen LogP contribution in [0, 0.1) is 6.92 Å². The molecule has 0 heterocycles. The molecular formula is C18H21NO3. The summed E-state index contributed by atoms with van der Waals surface area (Å²) < 4.78 is 0. The minimum absolute atomic E-state index is 0.0368. The first-order chi connectivity index (χ1) is 10.4. The maximum atomic E-state index is 12.1. The molecule has 4 heteroatoms. The van der Waals surface area contributed by atoms with Gasteiger partial charge in [-0.1, -0.05) is 26.0 Å². The van der Waals surface area contributed by atoms with Crippen LogP contribution in [0.4, 0.5) is 0 Å². The molecule has 0 aromatic heterocycles. The van der Waals surface area contributed by atoms with E-state index in [1.807, 2.05) is 26.8 Å². The van der Waals surface area contributed by atoms with Gasteiger partial charge in [-0.25, -0.2) is 0 Å². The summed E-state index contributed by atoms with van der Waals surface area (Å²) in [6.07, 6.45) is 0. The minimum Gasteiger partial charge on any atom is -0.508 e. The van der Waals surface area contributed by atoms with Crippen LogP contribution < -0.4 is 5.32 Å². The lowest BCUT2D eigenvalue weighted by Crippen LogP contribution is -2.23. The Kier molecular flexibility index (Phi) is 4.71. The van der Waals surface area contributed by atoms with Gasteiger partial charge < -0.3 is 15.5 Å². The minimum atomic E-state index is -0.323. The van der Waals surface area contributed by atoms with Crippen molar-refractivity contribution in [2.75, 3.05) is 0 Å². The molecule has 1 amide bonds. The highest BCUT2D eigenvalue weighted by Gasteiger charge is 2.13. The van der Waals surface area contributed by atoms with Gasteiger partial charge in [-0.3, -0.25) is 4.79 Å². The molecule has 22 heavy (non-hydrogen) atoms. The Hall–Kier alpha value is -2.49. The number of carbonyl (C=O) groups is 1. The fourth-order valence-corrected chi connectivity index (χ4v) is 2.35. The third-order valence-corrected chi connectivity index (χ3v) is 3.70. The second kappa shape index (κ2) is 6.52. The number of amides is 1. The normalized spacial score (nSPS) is 10.7. The number of phenols is 2. The van der Waals surface area contributed by atoms with Gasteiger partial charge in [0.1, 0.15) is 11.5 Å². The first-order valence-corrected chi connectivity index (χ1v) is 7.28. The molecule has 0 saturated carbocycles. The van der Waals surface area contributed by atoms with Gasteiger partial charge in [-0.15, -0.1) is 0 Å². The lowest BCUT2D eigenvalue weighted by atomic mass is 9.96. The molecule has 2 rings (SSSR count). The highest BCUT2D eigenvalue weighted by atomic mass is 16.3. The molecular weight excluding hydrogens is 278 g/mol. The quantitative estimate of drug-likeness (QED) is 0.809. The zero-order valence-corrected chi connectivity index (χ0v) is 13.1. The van der Waals surface area contributed by atoms with Crippen LogP contribution in [-0.2, 0) is 6.54 Å². The number of para-hydroxylation sites is 1. The molecule has 0 spiro atoms. The number of aryl methyl sites for hydroxylation is 1. The van der Waals surface area contributed by atoms with Gasteiger partial charge in [0.05, 0.1) is 5.56 Å². The molecule has 0 aliphatic carbocycles. The summed E-state index contributed by atoms with van der Waals surface area (Å²) in [7, 11) is 0. The number of aromatic hydroxyl groups is 2. The van der Waals surface area contributed by atoms with Crippen LogP contribution in [0.15, 0.2) is 36.4 Å². The number of rotatable bonds is 4. The van der Waals surface area contributed by atoms with E-state index in [-0.39, 0.29) is 28.9 Å². The van der Waals surface area contributed by atoms with Gasteiger partial charge in [0, 0.05) is 6.54 Å². The van der Waals surface area contributed by atoms with Gasteiger partial charge in [-0.05, 0) is 53.8 Å². The number of hydrogen-bond donors (Lipinski definition) is 3. The summed E-state index contributed by atoms with van der Waals surface area (Å²) in [4.78, 5) is 12.1. The molecule has 116 valence electrons. The van der Waals surface area contributed by atoms with E-state index in [1.165, 1.54) is 6.07 Å². The Morgan fingerprint density at radius 1 is 1.14 bits per heavy atom. The number of phenolic OH excluding ortho intramolecular Hbond substituents is 2. The van der Waals surface area contributed by atoms with Crippen LogP contribution in [0.2, 0.25) is 0 Å². The van der Waals surface area contributed by atoms with E-state index in [4.69, 9.17) is 0 Å². The van der Waals surface area contributed by atoms with Gasteiger partial charge >= 0.3 is 0 Å². The Morgan fingerprint density at radius 3 is 2.45 bits per heavy atom. The number of benzene rings is 2. The fraction of sp³-hybridized carbons (Fsp3) is 0.278. The molecule has 0 atom stereocenters. The van der Waals surface area contributed by atoms with Gasteiger partial charge in [0.2, 0.25) is 0 Å². The molecule has 0 saturated heterocycles. The second-order valence-corrected chi connectivity index (χ2v) is 5.69. The van der Waals surface area contributed by atoms with Crippen molar-refractivity contribution in [2.45, 2.75) is 33.2 Å². The van der Waals surface area contributed by atoms with Crippen molar-refractivity contribution in [3.8, 4) is 11.5 Å². The molecule has 0 unspecified atom stereocenters. The van der Waals surface area contributed by atoms with Crippen LogP contribution in [0.5, 0.6) is 11.5 Å². The maximum Gasteiger partial charge on any atom is 0.255 e. The van der Waals surface area contributed by atoms with Crippen molar-refractivity contribution in [2.24, 2.45) is 0 Å². The number of carbonyl (C=O) groups excluding carboxylic acids is 1. The van der Waals surface area contributed by atoms with E-state index in [0.717, 1.165) is 16.7 Å². The van der Waals surface area contributed by atoms with Crippen molar-refractivity contribution >= 4 is 5.91 Å². The molecule has 4 nitrogen and oxygen atoms in total. The summed E-state index contributed by atoms with van der Waals surface area (Å²) in [5, 5.41) is 22.5. The highest BCUT2D eigenvalue weighted by Crippen LogP contribution is 2.28. The van der Waals surface area contributed by atoms with Crippen LogP contribution >= 0.6 is 0 Å². The Labute approximate surface area is 130 Å². The predicted octanol–water partition coefficient (Wildman–Crippen LogP) is 3.46. The topological polar surface area (TPSA) is 69.6 Å². The Bertz CT molecular complexity index is 693. The molecule has 3 N–H and O–H groups in total. The summed E-state index contributed by atoms with van der Waals surface area (Å²) >= 11 is 0. The van der Waals surface area contributed by atoms with Gasteiger partial charge in [-0.2, -0.15) is 0 Å².